The fourth-order valence-electron chi connectivity index (χ4n) is 3.62. The van der Waals surface area contributed by atoms with E-state index in [2.05, 4.69) is 16.3 Å². The second kappa shape index (κ2) is 11.6. The molecule has 3 aromatic rings. The molecule has 0 aliphatic carbocycles. The lowest BCUT2D eigenvalue weighted by molar-refractivity contribution is 0.159. The van der Waals surface area contributed by atoms with E-state index in [1.165, 1.54) is 16.1 Å². The second-order valence-electron chi connectivity index (χ2n) is 7.70. The first-order valence-electron chi connectivity index (χ1n) is 11.0. The van der Waals surface area contributed by atoms with Gasteiger partial charge >= 0.3 is 0 Å². The molecule has 0 aliphatic rings. The molecule has 180 valence electrons. The lowest BCUT2D eigenvalue weighted by Gasteiger charge is -2.20. The van der Waals surface area contributed by atoms with Crippen LogP contribution in [0.2, 0.25) is 0 Å². The summed E-state index contributed by atoms with van der Waals surface area (Å²) in [6, 6.07) is 16.3. The maximum absolute atomic E-state index is 13.0. The highest BCUT2D eigenvalue weighted by molar-refractivity contribution is 7.98. The number of nitrogens with zero attached hydrogens (tertiary/aromatic N) is 5. The van der Waals surface area contributed by atoms with Crippen molar-refractivity contribution in [3.63, 3.8) is 0 Å². The van der Waals surface area contributed by atoms with Crippen molar-refractivity contribution in [1.82, 2.24) is 19.1 Å². The van der Waals surface area contributed by atoms with E-state index < -0.39 is 10.0 Å². The van der Waals surface area contributed by atoms with Crippen molar-refractivity contribution in [2.45, 2.75) is 42.6 Å². The Morgan fingerprint density at radius 2 is 1.85 bits per heavy atom. The second-order valence-corrected chi connectivity index (χ2v) is 10.6. The number of ether oxygens (including phenoxy) is 1. The van der Waals surface area contributed by atoms with Crippen LogP contribution in [0.1, 0.15) is 37.9 Å². The first kappa shape index (κ1) is 25.9. The van der Waals surface area contributed by atoms with Gasteiger partial charge in [0.1, 0.15) is 0 Å². The highest BCUT2D eigenvalue weighted by atomic mass is 32.2. The van der Waals surface area contributed by atoms with Crippen molar-refractivity contribution in [2.24, 2.45) is 0 Å². The Morgan fingerprint density at radius 1 is 1.15 bits per heavy atom. The number of benzene rings is 2. The van der Waals surface area contributed by atoms with Crippen LogP contribution < -0.4 is 0 Å². The van der Waals surface area contributed by atoms with E-state index in [1.807, 2.05) is 43.5 Å². The molecular formula is C24H29N5O3S2. The summed E-state index contributed by atoms with van der Waals surface area (Å²) in [7, 11) is -1.96. The van der Waals surface area contributed by atoms with E-state index in [9.17, 15) is 8.42 Å². The molecule has 8 nitrogen and oxygen atoms in total. The summed E-state index contributed by atoms with van der Waals surface area (Å²) in [5, 5.41) is 18.5. The third-order valence-corrected chi connectivity index (χ3v) is 8.46. The predicted octanol–water partition coefficient (Wildman–Crippen LogP) is 4.35. The van der Waals surface area contributed by atoms with Gasteiger partial charge in [0.15, 0.2) is 11.0 Å². The quantitative estimate of drug-likeness (QED) is 0.362. The fourth-order valence-corrected chi connectivity index (χ4v) is 6.11. The minimum absolute atomic E-state index is 0.0680. The molecule has 3 rings (SSSR count). The van der Waals surface area contributed by atoms with Gasteiger partial charge in [-0.2, -0.15) is 9.57 Å². The summed E-state index contributed by atoms with van der Waals surface area (Å²) < 4.78 is 34.9. The highest BCUT2D eigenvalue weighted by Gasteiger charge is 2.24. The molecule has 1 aromatic heterocycles. The smallest absolute Gasteiger partial charge is 0.243 e. The summed E-state index contributed by atoms with van der Waals surface area (Å²) >= 11 is 1.53. The van der Waals surface area contributed by atoms with Crippen LogP contribution in [0.5, 0.6) is 0 Å². The molecule has 1 atom stereocenters. The van der Waals surface area contributed by atoms with Crippen LogP contribution in [-0.4, -0.2) is 54.3 Å². The molecular weight excluding hydrogens is 470 g/mol. The SMILES string of the molecule is CCN(CC)S(=O)(=O)c1cccc(-c2nnc(SCc3ccc(C#N)cc3)n2C(C)COC)c1. The van der Waals surface area contributed by atoms with Gasteiger partial charge in [-0.05, 0) is 36.8 Å². The lowest BCUT2D eigenvalue weighted by Crippen LogP contribution is -2.30. The number of thioether (sulfide) groups is 1. The number of hydrogen-bond acceptors (Lipinski definition) is 7. The summed E-state index contributed by atoms with van der Waals surface area (Å²) in [5.41, 5.74) is 2.35. The molecule has 0 radical (unpaired) electrons. The Morgan fingerprint density at radius 3 is 2.47 bits per heavy atom. The van der Waals surface area contributed by atoms with Crippen LogP contribution in [0.25, 0.3) is 11.4 Å². The zero-order valence-electron chi connectivity index (χ0n) is 19.8. The molecule has 0 fully saturated rings. The van der Waals surface area contributed by atoms with Gasteiger partial charge in [0, 0.05) is 31.5 Å². The minimum atomic E-state index is -3.60. The normalized spacial score (nSPS) is 12.6. The van der Waals surface area contributed by atoms with Crippen LogP contribution in [0.4, 0.5) is 0 Å². The van der Waals surface area contributed by atoms with E-state index in [-0.39, 0.29) is 10.9 Å². The number of sulfonamides is 1. The van der Waals surface area contributed by atoms with Crippen LogP contribution in [-0.2, 0) is 20.5 Å². The van der Waals surface area contributed by atoms with Gasteiger partial charge in [0.05, 0.1) is 29.2 Å². The third-order valence-electron chi connectivity index (χ3n) is 5.40. The Labute approximate surface area is 205 Å². The van der Waals surface area contributed by atoms with Crippen molar-refractivity contribution in [2.75, 3.05) is 26.8 Å². The van der Waals surface area contributed by atoms with Crippen molar-refractivity contribution in [3.8, 4) is 17.5 Å². The molecule has 10 heteroatoms. The predicted molar refractivity (Wildman–Crippen MR) is 133 cm³/mol. The van der Waals surface area contributed by atoms with Gasteiger partial charge in [-0.15, -0.1) is 10.2 Å². The number of nitriles is 1. The summed E-state index contributed by atoms with van der Waals surface area (Å²) in [5.74, 6) is 1.24. The first-order chi connectivity index (χ1) is 16.3. The molecule has 0 saturated heterocycles. The molecule has 1 unspecified atom stereocenters. The first-order valence-corrected chi connectivity index (χ1v) is 13.4. The van der Waals surface area contributed by atoms with Gasteiger partial charge in [-0.3, -0.25) is 4.57 Å². The van der Waals surface area contributed by atoms with E-state index in [1.54, 1.807) is 37.4 Å². The molecule has 1 heterocycles. The van der Waals surface area contributed by atoms with Crippen molar-refractivity contribution in [1.29, 1.82) is 5.26 Å². The Hall–Kier alpha value is -2.71. The van der Waals surface area contributed by atoms with Gasteiger partial charge in [0.2, 0.25) is 10.0 Å². The van der Waals surface area contributed by atoms with E-state index in [0.29, 0.717) is 47.6 Å². The zero-order valence-corrected chi connectivity index (χ0v) is 21.4. The standard InChI is InChI=1S/C24H29N5O3S2/c1-5-28(6-2)34(30,31)22-9-7-8-21(14-22)23-26-27-24(29(23)18(3)16-32-4)33-17-20-12-10-19(15-25)11-13-20/h7-14,18H,5-6,16-17H2,1-4H3. The molecule has 34 heavy (non-hydrogen) atoms. The molecule has 2 aromatic carbocycles. The fraction of sp³-hybridized carbons (Fsp3) is 0.375. The van der Waals surface area contributed by atoms with Crippen LogP contribution in [0, 0.1) is 11.3 Å². The van der Waals surface area contributed by atoms with Gasteiger partial charge in [-0.1, -0.05) is 49.9 Å². The molecule has 0 amide bonds. The van der Waals surface area contributed by atoms with Crippen LogP contribution in [0.3, 0.4) is 0 Å². The largest absolute Gasteiger partial charge is 0.383 e. The molecule has 0 aliphatic heterocycles. The van der Waals surface area contributed by atoms with Gasteiger partial charge in [0.25, 0.3) is 0 Å². The zero-order chi connectivity index (χ0) is 24.7. The molecule has 0 N–H and O–H groups in total. The van der Waals surface area contributed by atoms with Crippen molar-refractivity contribution in [3.05, 3.63) is 59.7 Å². The third kappa shape index (κ3) is 5.67. The Kier molecular flexibility index (Phi) is 8.85. The average molecular weight is 500 g/mol. The monoisotopic (exact) mass is 499 g/mol. The van der Waals surface area contributed by atoms with Crippen LogP contribution >= 0.6 is 11.8 Å². The van der Waals surface area contributed by atoms with Crippen LogP contribution in [0.15, 0.2) is 58.6 Å². The Bertz CT molecular complexity index is 1250. The summed E-state index contributed by atoms with van der Waals surface area (Å²) in [6.45, 7) is 6.92. The maximum atomic E-state index is 13.0. The number of rotatable bonds is 11. The maximum Gasteiger partial charge on any atom is 0.243 e. The summed E-state index contributed by atoms with van der Waals surface area (Å²) in [4.78, 5) is 0.231. The van der Waals surface area contributed by atoms with E-state index in [0.717, 1.165) is 5.56 Å². The highest BCUT2D eigenvalue weighted by Crippen LogP contribution is 2.31. The topological polar surface area (TPSA) is 101 Å². The molecule has 0 saturated carbocycles. The number of aromatic nitrogens is 3. The van der Waals surface area contributed by atoms with Crippen molar-refractivity contribution < 1.29 is 13.2 Å². The van der Waals surface area contributed by atoms with E-state index in [4.69, 9.17) is 10.00 Å². The van der Waals surface area contributed by atoms with E-state index >= 15 is 0 Å². The molecule has 0 spiro atoms. The Balaban J connectivity index is 1.97. The minimum Gasteiger partial charge on any atom is -0.383 e. The summed E-state index contributed by atoms with van der Waals surface area (Å²) in [6.07, 6.45) is 0. The number of hydrogen-bond donors (Lipinski definition) is 0. The lowest BCUT2D eigenvalue weighted by atomic mass is 10.2. The number of methoxy groups -OCH3 is 1. The average Bonchev–Trinajstić information content (AvgIpc) is 3.28. The van der Waals surface area contributed by atoms with Gasteiger partial charge < -0.3 is 4.74 Å². The molecule has 0 bridgehead atoms. The van der Waals surface area contributed by atoms with Crippen molar-refractivity contribution >= 4 is 21.8 Å². The van der Waals surface area contributed by atoms with Gasteiger partial charge in [-0.25, -0.2) is 8.42 Å².